The summed E-state index contributed by atoms with van der Waals surface area (Å²) in [6.07, 6.45) is 0. The van der Waals surface area contributed by atoms with Crippen LogP contribution in [0.25, 0.3) is 0 Å². The van der Waals surface area contributed by atoms with Gasteiger partial charge in [0, 0.05) is 18.8 Å². The number of nitrogens with zero attached hydrogens (tertiary/aromatic N) is 2. The van der Waals surface area contributed by atoms with Crippen molar-refractivity contribution in [2.24, 2.45) is 5.73 Å². The summed E-state index contributed by atoms with van der Waals surface area (Å²) in [6.45, 7) is 7.19. The number of rotatable bonds is 2. The first-order valence-corrected chi connectivity index (χ1v) is 5.73. The highest BCUT2D eigenvalue weighted by Crippen LogP contribution is 2.19. The molecule has 2 N–H and O–H groups in total. The molecule has 1 aliphatic heterocycles. The summed E-state index contributed by atoms with van der Waals surface area (Å²) in [5.74, 6) is 1.03. The molecule has 0 amide bonds. The van der Waals surface area contributed by atoms with Crippen molar-refractivity contribution in [2.75, 3.05) is 24.7 Å². The Labute approximate surface area is 96.4 Å². The van der Waals surface area contributed by atoms with Gasteiger partial charge in [-0.05, 0) is 25.5 Å². The first-order valence-electron chi connectivity index (χ1n) is 5.73. The van der Waals surface area contributed by atoms with Gasteiger partial charge in [0.2, 0.25) is 0 Å². The van der Waals surface area contributed by atoms with Gasteiger partial charge in [0.1, 0.15) is 5.82 Å². The third kappa shape index (κ3) is 2.18. The molecule has 0 radical (unpaired) electrons. The molecule has 0 bridgehead atoms. The van der Waals surface area contributed by atoms with Crippen molar-refractivity contribution in [2.45, 2.75) is 26.4 Å². The summed E-state index contributed by atoms with van der Waals surface area (Å²) < 4.78 is 5.42. The third-order valence-electron chi connectivity index (χ3n) is 3.06. The molecule has 1 unspecified atom stereocenters. The van der Waals surface area contributed by atoms with E-state index in [1.54, 1.807) is 0 Å². The van der Waals surface area contributed by atoms with Crippen molar-refractivity contribution >= 4 is 5.82 Å². The molecule has 1 aliphatic rings. The molecule has 0 saturated carbocycles. The predicted octanol–water partition coefficient (Wildman–Crippen LogP) is 1.07. The quantitative estimate of drug-likeness (QED) is 0.811. The lowest BCUT2D eigenvalue weighted by atomic mass is 10.2. The minimum Gasteiger partial charge on any atom is -0.377 e. The van der Waals surface area contributed by atoms with Crippen LogP contribution in [0.15, 0.2) is 12.1 Å². The average Bonchev–Trinajstić information content (AvgIpc) is 2.29. The zero-order valence-electron chi connectivity index (χ0n) is 9.94. The van der Waals surface area contributed by atoms with Crippen LogP contribution in [0.4, 0.5) is 5.82 Å². The molecule has 1 aromatic heterocycles. The molecule has 1 aromatic rings. The first-order chi connectivity index (χ1) is 7.72. The minimum atomic E-state index is 0.393. The van der Waals surface area contributed by atoms with Crippen LogP contribution in [-0.2, 0) is 11.3 Å². The van der Waals surface area contributed by atoms with Crippen LogP contribution in [0.5, 0.6) is 0 Å². The van der Waals surface area contributed by atoms with Crippen molar-refractivity contribution < 1.29 is 4.74 Å². The van der Waals surface area contributed by atoms with Crippen molar-refractivity contribution in [1.29, 1.82) is 0 Å². The summed E-state index contributed by atoms with van der Waals surface area (Å²) >= 11 is 0. The number of ether oxygens (including phenoxy) is 1. The highest BCUT2D eigenvalue weighted by molar-refractivity contribution is 5.43. The number of nitrogens with two attached hydrogens (primary N) is 1. The van der Waals surface area contributed by atoms with Crippen molar-refractivity contribution in [3.05, 3.63) is 23.4 Å². The normalized spacial score (nSPS) is 21.2. The van der Waals surface area contributed by atoms with Crippen molar-refractivity contribution in [3.8, 4) is 0 Å². The van der Waals surface area contributed by atoms with E-state index in [0.29, 0.717) is 12.6 Å². The summed E-state index contributed by atoms with van der Waals surface area (Å²) in [5, 5.41) is 0. The number of aromatic nitrogens is 1. The monoisotopic (exact) mass is 221 g/mol. The van der Waals surface area contributed by atoms with E-state index >= 15 is 0 Å². The third-order valence-corrected chi connectivity index (χ3v) is 3.06. The van der Waals surface area contributed by atoms with Crippen LogP contribution in [0.2, 0.25) is 0 Å². The molecular formula is C12H19N3O. The van der Waals surface area contributed by atoms with E-state index in [4.69, 9.17) is 10.5 Å². The second-order valence-corrected chi connectivity index (χ2v) is 4.24. The molecule has 0 aliphatic carbocycles. The minimum absolute atomic E-state index is 0.393. The number of anilines is 1. The van der Waals surface area contributed by atoms with Crippen LogP contribution in [-0.4, -0.2) is 30.8 Å². The second-order valence-electron chi connectivity index (χ2n) is 4.24. The van der Waals surface area contributed by atoms with E-state index in [1.807, 2.05) is 6.92 Å². The van der Waals surface area contributed by atoms with Gasteiger partial charge in [0.15, 0.2) is 0 Å². The number of hydrogen-bond donors (Lipinski definition) is 1. The molecule has 4 nitrogen and oxygen atoms in total. The Hall–Kier alpha value is -1.13. The molecule has 1 saturated heterocycles. The van der Waals surface area contributed by atoms with Crippen molar-refractivity contribution in [3.63, 3.8) is 0 Å². The summed E-state index contributed by atoms with van der Waals surface area (Å²) in [5.41, 5.74) is 7.77. The zero-order valence-corrected chi connectivity index (χ0v) is 9.94. The SMILES string of the molecule is Cc1nc(N2CCOCC2C)ccc1CN. The highest BCUT2D eigenvalue weighted by Gasteiger charge is 2.20. The van der Waals surface area contributed by atoms with Crippen LogP contribution in [0.3, 0.4) is 0 Å². The van der Waals surface area contributed by atoms with Gasteiger partial charge in [-0.3, -0.25) is 0 Å². The highest BCUT2D eigenvalue weighted by atomic mass is 16.5. The maximum absolute atomic E-state index is 5.63. The molecular weight excluding hydrogens is 202 g/mol. The molecule has 4 heteroatoms. The fourth-order valence-corrected chi connectivity index (χ4v) is 2.02. The van der Waals surface area contributed by atoms with Crippen LogP contribution < -0.4 is 10.6 Å². The van der Waals surface area contributed by atoms with Gasteiger partial charge < -0.3 is 15.4 Å². The second kappa shape index (κ2) is 4.80. The number of aryl methyl sites for hydroxylation is 1. The topological polar surface area (TPSA) is 51.4 Å². The van der Waals surface area contributed by atoms with Gasteiger partial charge in [-0.1, -0.05) is 6.07 Å². The Balaban J connectivity index is 2.22. The maximum Gasteiger partial charge on any atom is 0.129 e. The Morgan fingerprint density at radius 3 is 3.00 bits per heavy atom. The van der Waals surface area contributed by atoms with E-state index in [9.17, 15) is 0 Å². The maximum atomic E-state index is 5.63. The largest absolute Gasteiger partial charge is 0.377 e. The van der Waals surface area contributed by atoms with Gasteiger partial charge >= 0.3 is 0 Å². The number of morpholine rings is 1. The lowest BCUT2D eigenvalue weighted by Crippen LogP contribution is -2.44. The van der Waals surface area contributed by atoms with Gasteiger partial charge in [0.25, 0.3) is 0 Å². The lowest BCUT2D eigenvalue weighted by Gasteiger charge is -2.34. The molecule has 0 aromatic carbocycles. The fourth-order valence-electron chi connectivity index (χ4n) is 2.02. The van der Waals surface area contributed by atoms with E-state index in [2.05, 4.69) is 28.9 Å². The lowest BCUT2D eigenvalue weighted by molar-refractivity contribution is 0.0985. The molecule has 2 rings (SSSR count). The Bertz CT molecular complexity index is 367. The van der Waals surface area contributed by atoms with E-state index in [1.165, 1.54) is 0 Å². The molecule has 1 fully saturated rings. The fraction of sp³-hybridized carbons (Fsp3) is 0.583. The van der Waals surface area contributed by atoms with Gasteiger partial charge in [-0.2, -0.15) is 0 Å². The Morgan fingerprint density at radius 1 is 1.56 bits per heavy atom. The van der Waals surface area contributed by atoms with Crippen LogP contribution in [0.1, 0.15) is 18.2 Å². The first kappa shape index (κ1) is 11.4. The summed E-state index contributed by atoms with van der Waals surface area (Å²) in [7, 11) is 0. The smallest absolute Gasteiger partial charge is 0.129 e. The number of hydrogen-bond acceptors (Lipinski definition) is 4. The Morgan fingerprint density at radius 2 is 2.38 bits per heavy atom. The summed E-state index contributed by atoms with van der Waals surface area (Å²) in [4.78, 5) is 6.90. The van der Waals surface area contributed by atoms with Crippen LogP contribution in [0, 0.1) is 6.92 Å². The van der Waals surface area contributed by atoms with Gasteiger partial charge in [-0.25, -0.2) is 4.98 Å². The van der Waals surface area contributed by atoms with E-state index in [0.717, 1.165) is 36.8 Å². The molecule has 2 heterocycles. The zero-order chi connectivity index (χ0) is 11.5. The summed E-state index contributed by atoms with van der Waals surface area (Å²) in [6, 6.07) is 4.51. The molecule has 1 atom stereocenters. The Kier molecular flexibility index (Phi) is 3.41. The predicted molar refractivity (Wildman–Crippen MR) is 64.5 cm³/mol. The standard InChI is InChI=1S/C12H19N3O/c1-9-8-16-6-5-15(9)12-4-3-11(7-13)10(2)14-12/h3-4,9H,5-8,13H2,1-2H3. The molecule has 88 valence electrons. The van der Waals surface area contributed by atoms with E-state index in [-0.39, 0.29) is 0 Å². The number of pyridine rings is 1. The average molecular weight is 221 g/mol. The van der Waals surface area contributed by atoms with Gasteiger partial charge in [0.05, 0.1) is 19.3 Å². The van der Waals surface area contributed by atoms with Crippen LogP contribution >= 0.6 is 0 Å². The van der Waals surface area contributed by atoms with Gasteiger partial charge in [-0.15, -0.1) is 0 Å². The molecule has 0 spiro atoms. The van der Waals surface area contributed by atoms with Crippen molar-refractivity contribution in [1.82, 2.24) is 4.98 Å². The van der Waals surface area contributed by atoms with E-state index < -0.39 is 0 Å². The molecule has 16 heavy (non-hydrogen) atoms.